The van der Waals surface area contributed by atoms with Gasteiger partial charge in [0, 0.05) is 29.9 Å². The van der Waals surface area contributed by atoms with Crippen LogP contribution in [0.3, 0.4) is 0 Å². The van der Waals surface area contributed by atoms with Crippen molar-refractivity contribution in [3.8, 4) is 0 Å². The van der Waals surface area contributed by atoms with Crippen molar-refractivity contribution < 1.29 is 18.4 Å². The van der Waals surface area contributed by atoms with E-state index in [2.05, 4.69) is 5.32 Å². The number of hydrogen-bond donors (Lipinski definition) is 1. The standard InChI is InChI=1S/C21H20F2N2O2/c22-15-6-8-17(18(23)11-15)20(26)24-16-7-5-13-9-10-25(19(13)12-16)21(27)14-3-1-2-4-14/h5-8,11-12,14H,1-4,9-10H2,(H,24,26). The molecule has 0 atom stereocenters. The van der Waals surface area contributed by atoms with E-state index in [0.717, 1.165) is 55.5 Å². The summed E-state index contributed by atoms with van der Waals surface area (Å²) in [6, 6.07) is 8.22. The first-order valence-corrected chi connectivity index (χ1v) is 9.23. The average molecular weight is 370 g/mol. The number of nitrogens with zero attached hydrogens (tertiary/aromatic N) is 1. The number of carbonyl (C=O) groups is 2. The highest BCUT2D eigenvalue weighted by Gasteiger charge is 2.32. The van der Waals surface area contributed by atoms with Crippen LogP contribution in [0.25, 0.3) is 0 Å². The minimum absolute atomic E-state index is 0.0857. The van der Waals surface area contributed by atoms with Crippen molar-refractivity contribution in [2.75, 3.05) is 16.8 Å². The van der Waals surface area contributed by atoms with Gasteiger partial charge in [0.2, 0.25) is 5.91 Å². The van der Waals surface area contributed by atoms with Crippen LogP contribution in [0.1, 0.15) is 41.6 Å². The van der Waals surface area contributed by atoms with Crippen molar-refractivity contribution >= 4 is 23.2 Å². The van der Waals surface area contributed by atoms with Crippen molar-refractivity contribution in [2.24, 2.45) is 5.92 Å². The van der Waals surface area contributed by atoms with E-state index in [4.69, 9.17) is 0 Å². The summed E-state index contributed by atoms with van der Waals surface area (Å²) in [7, 11) is 0. The summed E-state index contributed by atoms with van der Waals surface area (Å²) in [6.07, 6.45) is 4.84. The van der Waals surface area contributed by atoms with Crippen LogP contribution >= 0.6 is 0 Å². The Morgan fingerprint density at radius 2 is 1.81 bits per heavy atom. The van der Waals surface area contributed by atoms with Crippen molar-refractivity contribution in [1.29, 1.82) is 0 Å². The SMILES string of the molecule is O=C(Nc1ccc2c(c1)N(C(=O)C1CCCC1)CC2)c1ccc(F)cc1F. The van der Waals surface area contributed by atoms with E-state index in [1.807, 2.05) is 6.07 Å². The minimum Gasteiger partial charge on any atom is -0.322 e. The number of anilines is 2. The summed E-state index contributed by atoms with van der Waals surface area (Å²) in [5.41, 5.74) is 2.13. The third-order valence-electron chi connectivity index (χ3n) is 5.38. The Morgan fingerprint density at radius 3 is 2.56 bits per heavy atom. The number of nitrogens with one attached hydrogen (secondary N) is 1. The largest absolute Gasteiger partial charge is 0.322 e. The molecule has 27 heavy (non-hydrogen) atoms. The molecule has 2 aliphatic rings. The van der Waals surface area contributed by atoms with Gasteiger partial charge >= 0.3 is 0 Å². The monoisotopic (exact) mass is 370 g/mol. The molecule has 2 aromatic rings. The van der Waals surface area contributed by atoms with Crippen LogP contribution in [0.5, 0.6) is 0 Å². The number of carbonyl (C=O) groups excluding carboxylic acids is 2. The Hall–Kier alpha value is -2.76. The predicted molar refractivity (Wildman–Crippen MR) is 98.8 cm³/mol. The number of fused-ring (bicyclic) bond motifs is 1. The molecule has 0 spiro atoms. The van der Waals surface area contributed by atoms with Gasteiger partial charge in [0.25, 0.3) is 5.91 Å². The van der Waals surface area contributed by atoms with Crippen LogP contribution in [0.15, 0.2) is 36.4 Å². The van der Waals surface area contributed by atoms with E-state index in [-0.39, 0.29) is 17.4 Å². The zero-order chi connectivity index (χ0) is 19.0. The first kappa shape index (κ1) is 17.6. The van der Waals surface area contributed by atoms with Gasteiger partial charge in [-0.25, -0.2) is 8.78 Å². The van der Waals surface area contributed by atoms with Crippen molar-refractivity contribution in [2.45, 2.75) is 32.1 Å². The highest BCUT2D eigenvalue weighted by molar-refractivity contribution is 6.05. The van der Waals surface area contributed by atoms with Crippen LogP contribution in [-0.4, -0.2) is 18.4 Å². The molecule has 1 heterocycles. The minimum atomic E-state index is -0.910. The number of benzene rings is 2. The Kier molecular flexibility index (Phi) is 4.64. The molecular formula is C21H20F2N2O2. The van der Waals surface area contributed by atoms with Gasteiger partial charge in [0.05, 0.1) is 5.56 Å². The van der Waals surface area contributed by atoms with Crippen LogP contribution in [0, 0.1) is 17.6 Å². The highest BCUT2D eigenvalue weighted by atomic mass is 19.1. The molecule has 0 aromatic heterocycles. The zero-order valence-electron chi connectivity index (χ0n) is 14.8. The number of halogens is 2. The summed E-state index contributed by atoms with van der Waals surface area (Å²) in [4.78, 5) is 26.9. The van der Waals surface area contributed by atoms with E-state index < -0.39 is 17.5 Å². The second-order valence-corrected chi connectivity index (χ2v) is 7.14. The number of amides is 2. The smallest absolute Gasteiger partial charge is 0.258 e. The van der Waals surface area contributed by atoms with Gasteiger partial charge in [-0.3, -0.25) is 9.59 Å². The molecule has 1 aliphatic heterocycles. The molecule has 2 aromatic carbocycles. The fourth-order valence-electron chi connectivity index (χ4n) is 3.95. The summed E-state index contributed by atoms with van der Waals surface area (Å²) in [5, 5.41) is 2.64. The molecule has 0 radical (unpaired) electrons. The van der Waals surface area contributed by atoms with Crippen molar-refractivity contribution in [3.63, 3.8) is 0 Å². The van der Waals surface area contributed by atoms with E-state index >= 15 is 0 Å². The van der Waals surface area contributed by atoms with Gasteiger partial charge in [-0.15, -0.1) is 0 Å². The molecular weight excluding hydrogens is 350 g/mol. The maximum absolute atomic E-state index is 13.8. The third-order valence-corrected chi connectivity index (χ3v) is 5.38. The lowest BCUT2D eigenvalue weighted by Crippen LogP contribution is -2.33. The number of hydrogen-bond acceptors (Lipinski definition) is 2. The molecule has 1 N–H and O–H groups in total. The van der Waals surface area contributed by atoms with Crippen LogP contribution in [0.2, 0.25) is 0 Å². The van der Waals surface area contributed by atoms with Crippen LogP contribution < -0.4 is 10.2 Å². The molecule has 1 fully saturated rings. The first-order chi connectivity index (χ1) is 13.0. The highest BCUT2D eigenvalue weighted by Crippen LogP contribution is 2.35. The Bertz CT molecular complexity index is 907. The van der Waals surface area contributed by atoms with E-state index in [1.54, 1.807) is 17.0 Å². The summed E-state index contributed by atoms with van der Waals surface area (Å²) >= 11 is 0. The summed E-state index contributed by atoms with van der Waals surface area (Å²) in [6.45, 7) is 0.647. The molecule has 6 heteroatoms. The lowest BCUT2D eigenvalue weighted by molar-refractivity contribution is -0.122. The van der Waals surface area contributed by atoms with Gasteiger partial charge in [-0.05, 0) is 49.1 Å². The molecule has 0 saturated heterocycles. The fraction of sp³-hybridized carbons (Fsp3) is 0.333. The molecule has 140 valence electrons. The van der Waals surface area contributed by atoms with Crippen LogP contribution in [0.4, 0.5) is 20.2 Å². The molecule has 0 unspecified atom stereocenters. The molecule has 4 rings (SSSR count). The topological polar surface area (TPSA) is 49.4 Å². The number of rotatable bonds is 3. The molecule has 1 saturated carbocycles. The zero-order valence-corrected chi connectivity index (χ0v) is 14.8. The second kappa shape index (κ2) is 7.10. The van der Waals surface area contributed by atoms with Gasteiger partial charge < -0.3 is 10.2 Å². The van der Waals surface area contributed by atoms with Gasteiger partial charge in [-0.1, -0.05) is 18.9 Å². The molecule has 2 amide bonds. The van der Waals surface area contributed by atoms with Gasteiger partial charge in [-0.2, -0.15) is 0 Å². The van der Waals surface area contributed by atoms with Gasteiger partial charge in [0.15, 0.2) is 0 Å². The maximum atomic E-state index is 13.8. The van der Waals surface area contributed by atoms with E-state index in [9.17, 15) is 18.4 Å². The quantitative estimate of drug-likeness (QED) is 0.876. The third kappa shape index (κ3) is 3.44. The molecule has 1 aliphatic carbocycles. The fourth-order valence-corrected chi connectivity index (χ4v) is 3.95. The van der Waals surface area contributed by atoms with Crippen molar-refractivity contribution in [3.05, 3.63) is 59.2 Å². The Morgan fingerprint density at radius 1 is 1.04 bits per heavy atom. The first-order valence-electron chi connectivity index (χ1n) is 9.23. The van der Waals surface area contributed by atoms with E-state index in [0.29, 0.717) is 18.3 Å². The Labute approximate surface area is 156 Å². The van der Waals surface area contributed by atoms with E-state index in [1.165, 1.54) is 0 Å². The predicted octanol–water partition coefficient (Wildman–Crippen LogP) is 4.30. The van der Waals surface area contributed by atoms with Gasteiger partial charge in [0.1, 0.15) is 11.6 Å². The lowest BCUT2D eigenvalue weighted by atomic mass is 10.1. The molecule has 4 nitrogen and oxygen atoms in total. The van der Waals surface area contributed by atoms with Crippen LogP contribution in [-0.2, 0) is 11.2 Å². The second-order valence-electron chi connectivity index (χ2n) is 7.14. The molecule has 0 bridgehead atoms. The summed E-state index contributed by atoms with van der Waals surface area (Å²) < 4.78 is 26.8. The normalized spacial score (nSPS) is 16.4. The van der Waals surface area contributed by atoms with Crippen molar-refractivity contribution in [1.82, 2.24) is 0 Å². The summed E-state index contributed by atoms with van der Waals surface area (Å²) in [5.74, 6) is -2.06. The Balaban J connectivity index is 1.54. The lowest BCUT2D eigenvalue weighted by Gasteiger charge is -2.21. The average Bonchev–Trinajstić information content (AvgIpc) is 3.31. The maximum Gasteiger partial charge on any atom is 0.258 e.